The van der Waals surface area contributed by atoms with Crippen molar-refractivity contribution in [1.29, 1.82) is 0 Å². The van der Waals surface area contributed by atoms with E-state index in [1.807, 2.05) is 18.4 Å². The van der Waals surface area contributed by atoms with Gasteiger partial charge < -0.3 is 4.74 Å². The lowest BCUT2D eigenvalue weighted by Crippen LogP contribution is -2.04. The third kappa shape index (κ3) is 2.15. The van der Waals surface area contributed by atoms with Gasteiger partial charge in [0.25, 0.3) is 0 Å². The SMILES string of the molecule is CCOC(=O)c1csc(-c2sccc2C)n1. The van der Waals surface area contributed by atoms with Crippen molar-refractivity contribution >= 4 is 28.6 Å². The first-order valence-electron chi connectivity index (χ1n) is 4.89. The van der Waals surface area contributed by atoms with Gasteiger partial charge in [0.1, 0.15) is 5.01 Å². The van der Waals surface area contributed by atoms with Crippen molar-refractivity contribution in [2.24, 2.45) is 0 Å². The molecule has 84 valence electrons. The molecule has 0 fully saturated rings. The van der Waals surface area contributed by atoms with Gasteiger partial charge in [0.2, 0.25) is 0 Å². The molecule has 0 unspecified atom stereocenters. The molecule has 2 rings (SSSR count). The average Bonchev–Trinajstić information content (AvgIpc) is 2.86. The minimum absolute atomic E-state index is 0.348. The maximum absolute atomic E-state index is 11.4. The van der Waals surface area contributed by atoms with E-state index in [1.54, 1.807) is 23.6 Å². The monoisotopic (exact) mass is 253 g/mol. The third-order valence-corrected chi connectivity index (χ3v) is 4.06. The van der Waals surface area contributed by atoms with E-state index in [2.05, 4.69) is 4.98 Å². The summed E-state index contributed by atoms with van der Waals surface area (Å²) in [7, 11) is 0. The highest BCUT2D eigenvalue weighted by Crippen LogP contribution is 2.31. The van der Waals surface area contributed by atoms with Crippen LogP contribution in [0.5, 0.6) is 0 Å². The molecule has 2 heterocycles. The van der Waals surface area contributed by atoms with E-state index in [0.717, 1.165) is 9.88 Å². The van der Waals surface area contributed by atoms with Crippen molar-refractivity contribution in [2.45, 2.75) is 13.8 Å². The Morgan fingerprint density at radius 2 is 2.31 bits per heavy atom. The molecular formula is C11H11NO2S2. The molecule has 0 aliphatic rings. The number of carbonyl (C=O) groups is 1. The number of nitrogens with zero attached hydrogens (tertiary/aromatic N) is 1. The molecule has 0 bridgehead atoms. The molecular weight excluding hydrogens is 242 g/mol. The van der Waals surface area contributed by atoms with Crippen LogP contribution in [0.2, 0.25) is 0 Å². The Bertz CT molecular complexity index is 502. The molecule has 2 aromatic heterocycles. The van der Waals surface area contributed by atoms with Gasteiger partial charge in [-0.25, -0.2) is 9.78 Å². The van der Waals surface area contributed by atoms with Gasteiger partial charge in [-0.05, 0) is 30.9 Å². The number of ether oxygens (including phenoxy) is 1. The predicted octanol–water partition coefficient (Wildman–Crippen LogP) is 3.36. The van der Waals surface area contributed by atoms with Crippen LogP contribution in [0.4, 0.5) is 0 Å². The van der Waals surface area contributed by atoms with Gasteiger partial charge in [-0.1, -0.05) is 0 Å². The molecule has 0 spiro atoms. The molecule has 16 heavy (non-hydrogen) atoms. The molecule has 0 saturated heterocycles. The minimum atomic E-state index is -0.348. The van der Waals surface area contributed by atoms with E-state index in [1.165, 1.54) is 16.9 Å². The molecule has 0 N–H and O–H groups in total. The fourth-order valence-electron chi connectivity index (χ4n) is 1.27. The molecule has 0 radical (unpaired) electrons. The smallest absolute Gasteiger partial charge is 0.357 e. The summed E-state index contributed by atoms with van der Waals surface area (Å²) in [5, 5.41) is 4.65. The maximum Gasteiger partial charge on any atom is 0.357 e. The summed E-state index contributed by atoms with van der Waals surface area (Å²) in [6.07, 6.45) is 0. The lowest BCUT2D eigenvalue weighted by atomic mass is 10.3. The van der Waals surface area contributed by atoms with Gasteiger partial charge >= 0.3 is 5.97 Å². The van der Waals surface area contributed by atoms with E-state index < -0.39 is 0 Å². The second kappa shape index (κ2) is 4.76. The summed E-state index contributed by atoms with van der Waals surface area (Å²) in [6.45, 7) is 4.20. The molecule has 0 aromatic carbocycles. The Labute approximate surface area is 102 Å². The predicted molar refractivity (Wildman–Crippen MR) is 66.1 cm³/mol. The standard InChI is InChI=1S/C11H11NO2S2/c1-3-14-11(13)8-6-16-10(12-8)9-7(2)4-5-15-9/h4-6H,3H2,1-2H3. The quantitative estimate of drug-likeness (QED) is 0.787. The van der Waals surface area contributed by atoms with E-state index in [9.17, 15) is 4.79 Å². The Hall–Kier alpha value is -1.20. The van der Waals surface area contributed by atoms with Crippen LogP contribution in [0, 0.1) is 6.92 Å². The van der Waals surface area contributed by atoms with Crippen LogP contribution in [0.15, 0.2) is 16.8 Å². The van der Waals surface area contributed by atoms with Crippen molar-refractivity contribution in [3.05, 3.63) is 28.1 Å². The average molecular weight is 253 g/mol. The first-order valence-corrected chi connectivity index (χ1v) is 6.65. The summed E-state index contributed by atoms with van der Waals surface area (Å²) in [5.41, 5.74) is 1.59. The number of aromatic nitrogens is 1. The van der Waals surface area contributed by atoms with Crippen LogP contribution in [0.1, 0.15) is 23.0 Å². The van der Waals surface area contributed by atoms with Gasteiger partial charge in [-0.3, -0.25) is 0 Å². The van der Waals surface area contributed by atoms with Crippen molar-refractivity contribution in [3.63, 3.8) is 0 Å². The van der Waals surface area contributed by atoms with Gasteiger partial charge in [-0.15, -0.1) is 22.7 Å². The van der Waals surface area contributed by atoms with Crippen LogP contribution in [-0.2, 0) is 4.74 Å². The molecule has 0 amide bonds. The van der Waals surface area contributed by atoms with Crippen molar-refractivity contribution in [1.82, 2.24) is 4.98 Å². The highest BCUT2D eigenvalue weighted by atomic mass is 32.1. The number of thiophene rings is 1. The van der Waals surface area contributed by atoms with Gasteiger partial charge in [0.05, 0.1) is 11.5 Å². The Morgan fingerprint density at radius 1 is 1.50 bits per heavy atom. The minimum Gasteiger partial charge on any atom is -0.461 e. The first-order chi connectivity index (χ1) is 7.72. The van der Waals surface area contributed by atoms with Crippen molar-refractivity contribution < 1.29 is 9.53 Å². The number of esters is 1. The van der Waals surface area contributed by atoms with Gasteiger partial charge in [-0.2, -0.15) is 0 Å². The maximum atomic E-state index is 11.4. The van der Waals surface area contributed by atoms with Crippen LogP contribution >= 0.6 is 22.7 Å². The second-order valence-electron chi connectivity index (χ2n) is 3.19. The van der Waals surface area contributed by atoms with Crippen molar-refractivity contribution in [3.8, 4) is 9.88 Å². The fourth-order valence-corrected chi connectivity index (χ4v) is 3.16. The zero-order valence-corrected chi connectivity index (χ0v) is 10.7. The Morgan fingerprint density at radius 3 is 2.94 bits per heavy atom. The zero-order valence-electron chi connectivity index (χ0n) is 9.02. The van der Waals surface area contributed by atoms with Gasteiger partial charge in [0, 0.05) is 5.38 Å². The molecule has 0 aliphatic heterocycles. The Balaban J connectivity index is 2.26. The van der Waals surface area contributed by atoms with Crippen LogP contribution < -0.4 is 0 Å². The largest absolute Gasteiger partial charge is 0.461 e. The molecule has 5 heteroatoms. The normalized spacial score (nSPS) is 10.4. The summed E-state index contributed by atoms with van der Waals surface area (Å²) in [5.74, 6) is -0.348. The number of hydrogen-bond donors (Lipinski definition) is 0. The molecule has 2 aromatic rings. The Kier molecular flexibility index (Phi) is 3.36. The van der Waals surface area contributed by atoms with Gasteiger partial charge in [0.15, 0.2) is 5.69 Å². The lowest BCUT2D eigenvalue weighted by molar-refractivity contribution is 0.0520. The number of thiazole rings is 1. The number of carbonyl (C=O) groups excluding carboxylic acids is 1. The third-order valence-electron chi connectivity index (χ3n) is 2.05. The summed E-state index contributed by atoms with van der Waals surface area (Å²) >= 11 is 3.11. The molecule has 3 nitrogen and oxygen atoms in total. The molecule has 0 saturated carbocycles. The van der Waals surface area contributed by atoms with E-state index in [-0.39, 0.29) is 5.97 Å². The number of rotatable bonds is 3. The fraction of sp³-hybridized carbons (Fsp3) is 0.273. The van der Waals surface area contributed by atoms with E-state index in [0.29, 0.717) is 12.3 Å². The zero-order chi connectivity index (χ0) is 11.5. The van der Waals surface area contributed by atoms with Crippen LogP contribution in [0.3, 0.4) is 0 Å². The summed E-state index contributed by atoms with van der Waals surface area (Å²) in [4.78, 5) is 16.8. The topological polar surface area (TPSA) is 39.2 Å². The van der Waals surface area contributed by atoms with Crippen LogP contribution in [-0.4, -0.2) is 17.6 Å². The molecule has 0 atom stereocenters. The number of hydrogen-bond acceptors (Lipinski definition) is 5. The van der Waals surface area contributed by atoms with Crippen LogP contribution in [0.25, 0.3) is 9.88 Å². The lowest BCUT2D eigenvalue weighted by Gasteiger charge is -1.96. The first kappa shape index (κ1) is 11.3. The summed E-state index contributed by atoms with van der Waals surface area (Å²) < 4.78 is 4.90. The highest BCUT2D eigenvalue weighted by Gasteiger charge is 2.14. The second-order valence-corrected chi connectivity index (χ2v) is 4.97. The van der Waals surface area contributed by atoms with E-state index in [4.69, 9.17) is 4.74 Å². The molecule has 0 aliphatic carbocycles. The highest BCUT2D eigenvalue weighted by molar-refractivity contribution is 7.20. The summed E-state index contributed by atoms with van der Waals surface area (Å²) in [6, 6.07) is 2.05. The van der Waals surface area contributed by atoms with Crippen molar-refractivity contribution in [2.75, 3.05) is 6.61 Å². The van der Waals surface area contributed by atoms with E-state index >= 15 is 0 Å². The number of aryl methyl sites for hydroxylation is 1.